The topological polar surface area (TPSA) is 110 Å². The van der Waals surface area contributed by atoms with E-state index in [1.54, 1.807) is 36.4 Å². The Kier molecular flexibility index (Phi) is 7.36. The lowest BCUT2D eigenvalue weighted by molar-refractivity contribution is -0.137. The minimum Gasteiger partial charge on any atom is -0.478 e. The fraction of sp³-hybridized carbons (Fsp3) is 0.417. The molecule has 8 heteroatoms. The molecule has 0 aliphatic heterocycles. The van der Waals surface area contributed by atoms with E-state index in [-0.39, 0.29) is 35.3 Å². The monoisotopic (exact) mass is 459 g/mol. The number of hydrogen-bond donors (Lipinski definition) is 2. The third kappa shape index (κ3) is 5.75. The van der Waals surface area contributed by atoms with E-state index in [4.69, 9.17) is 9.84 Å². The van der Waals surface area contributed by atoms with Crippen LogP contribution in [0.4, 0.5) is 0 Å². The van der Waals surface area contributed by atoms with Gasteiger partial charge in [-0.2, -0.15) is 0 Å². The highest BCUT2D eigenvalue weighted by molar-refractivity contribution is 7.92. The number of amides is 1. The molecule has 1 aliphatic carbocycles. The SMILES string of the molecule is CC(NC(=O)C(OCc1cccc(S(=O)(=O)C2CC2)c1)C(C)C)c1ccc(C(=O)O)cc1. The zero-order valence-corrected chi connectivity index (χ0v) is 19.3. The van der Waals surface area contributed by atoms with Crippen molar-refractivity contribution < 1.29 is 27.9 Å². The molecule has 2 N–H and O–H groups in total. The lowest BCUT2D eigenvalue weighted by Crippen LogP contribution is -2.40. The minimum atomic E-state index is -3.29. The molecule has 7 nitrogen and oxygen atoms in total. The van der Waals surface area contributed by atoms with Crippen molar-refractivity contribution in [3.8, 4) is 0 Å². The van der Waals surface area contributed by atoms with E-state index >= 15 is 0 Å². The molecule has 0 spiro atoms. The van der Waals surface area contributed by atoms with Crippen molar-refractivity contribution in [3.05, 3.63) is 65.2 Å². The quantitative estimate of drug-likeness (QED) is 0.560. The highest BCUT2D eigenvalue weighted by Gasteiger charge is 2.36. The zero-order chi connectivity index (χ0) is 23.5. The molecule has 1 saturated carbocycles. The predicted octanol–water partition coefficient (Wildman–Crippen LogP) is 3.74. The molecule has 32 heavy (non-hydrogen) atoms. The molecular formula is C24H29NO6S. The summed E-state index contributed by atoms with van der Waals surface area (Å²) in [6.07, 6.45) is 0.686. The van der Waals surface area contributed by atoms with Gasteiger partial charge in [-0.15, -0.1) is 0 Å². The Bertz CT molecular complexity index is 1070. The predicted molar refractivity (Wildman–Crippen MR) is 120 cm³/mol. The first kappa shape index (κ1) is 23.9. The maximum absolute atomic E-state index is 12.9. The molecule has 0 aromatic heterocycles. The lowest BCUT2D eigenvalue weighted by Gasteiger charge is -2.24. The number of rotatable bonds is 10. The third-order valence-corrected chi connectivity index (χ3v) is 7.76. The second-order valence-electron chi connectivity index (χ2n) is 8.52. The summed E-state index contributed by atoms with van der Waals surface area (Å²) in [6, 6.07) is 12.7. The summed E-state index contributed by atoms with van der Waals surface area (Å²) >= 11 is 0. The Morgan fingerprint density at radius 2 is 1.75 bits per heavy atom. The second kappa shape index (κ2) is 9.83. The first-order valence-electron chi connectivity index (χ1n) is 10.7. The maximum Gasteiger partial charge on any atom is 0.335 e. The van der Waals surface area contributed by atoms with Crippen LogP contribution in [0, 0.1) is 5.92 Å². The van der Waals surface area contributed by atoms with Gasteiger partial charge in [0.05, 0.1) is 28.4 Å². The van der Waals surface area contributed by atoms with Crippen molar-refractivity contribution >= 4 is 21.7 Å². The van der Waals surface area contributed by atoms with Gasteiger partial charge >= 0.3 is 5.97 Å². The average molecular weight is 460 g/mol. The van der Waals surface area contributed by atoms with Crippen LogP contribution in [0.5, 0.6) is 0 Å². The van der Waals surface area contributed by atoms with Crippen LogP contribution < -0.4 is 5.32 Å². The minimum absolute atomic E-state index is 0.102. The zero-order valence-electron chi connectivity index (χ0n) is 18.4. The molecule has 0 saturated heterocycles. The van der Waals surface area contributed by atoms with Crippen LogP contribution in [-0.2, 0) is 26.0 Å². The molecule has 2 aromatic rings. The van der Waals surface area contributed by atoms with Crippen molar-refractivity contribution in [2.24, 2.45) is 5.92 Å². The number of hydrogen-bond acceptors (Lipinski definition) is 5. The Labute approximate surface area is 188 Å². The van der Waals surface area contributed by atoms with E-state index in [0.717, 1.165) is 5.56 Å². The highest BCUT2D eigenvalue weighted by Crippen LogP contribution is 2.33. The Morgan fingerprint density at radius 1 is 1.09 bits per heavy atom. The fourth-order valence-corrected chi connectivity index (χ4v) is 5.16. The molecule has 0 radical (unpaired) electrons. The molecule has 172 valence electrons. The molecule has 0 bridgehead atoms. The number of sulfone groups is 1. The number of carboxylic acid groups (broad SMARTS) is 1. The van der Waals surface area contributed by atoms with E-state index < -0.39 is 21.9 Å². The summed E-state index contributed by atoms with van der Waals surface area (Å²) in [5, 5.41) is 11.7. The molecule has 1 fully saturated rings. The lowest BCUT2D eigenvalue weighted by atomic mass is 10.0. The summed E-state index contributed by atoms with van der Waals surface area (Å²) in [5.74, 6) is -1.39. The largest absolute Gasteiger partial charge is 0.478 e. The number of nitrogens with one attached hydrogen (secondary N) is 1. The number of carbonyl (C=O) groups is 2. The van der Waals surface area contributed by atoms with Crippen LogP contribution in [0.1, 0.15) is 61.1 Å². The molecule has 1 aliphatic rings. The van der Waals surface area contributed by atoms with Crippen molar-refractivity contribution in [2.45, 2.75) is 62.5 Å². The first-order chi connectivity index (χ1) is 15.1. The van der Waals surface area contributed by atoms with E-state index in [2.05, 4.69) is 5.32 Å². The number of ether oxygens (including phenoxy) is 1. The van der Waals surface area contributed by atoms with E-state index in [1.807, 2.05) is 20.8 Å². The Hall–Kier alpha value is -2.71. The second-order valence-corrected chi connectivity index (χ2v) is 10.8. The summed E-state index contributed by atoms with van der Waals surface area (Å²) in [4.78, 5) is 24.2. The normalized spacial score (nSPS) is 15.9. The van der Waals surface area contributed by atoms with Crippen LogP contribution in [-0.4, -0.2) is 36.8 Å². The van der Waals surface area contributed by atoms with Gasteiger partial charge in [-0.05, 0) is 61.1 Å². The van der Waals surface area contributed by atoms with Gasteiger partial charge in [0.1, 0.15) is 6.10 Å². The van der Waals surface area contributed by atoms with Gasteiger partial charge in [-0.1, -0.05) is 38.1 Å². The van der Waals surface area contributed by atoms with Crippen molar-refractivity contribution in [3.63, 3.8) is 0 Å². The van der Waals surface area contributed by atoms with Crippen LogP contribution in [0.3, 0.4) is 0 Å². The average Bonchev–Trinajstić information content (AvgIpc) is 3.60. The summed E-state index contributed by atoms with van der Waals surface area (Å²) in [6.45, 7) is 5.69. The molecule has 1 amide bonds. The Balaban J connectivity index is 1.64. The number of carbonyl (C=O) groups excluding carboxylic acids is 1. The van der Waals surface area contributed by atoms with Crippen molar-refractivity contribution in [2.75, 3.05) is 0 Å². The van der Waals surface area contributed by atoms with Crippen LogP contribution in [0.25, 0.3) is 0 Å². The summed E-state index contributed by atoms with van der Waals surface area (Å²) < 4.78 is 30.9. The van der Waals surface area contributed by atoms with Gasteiger partial charge in [0, 0.05) is 0 Å². The van der Waals surface area contributed by atoms with Crippen LogP contribution in [0.15, 0.2) is 53.4 Å². The molecular weight excluding hydrogens is 430 g/mol. The van der Waals surface area contributed by atoms with Gasteiger partial charge in [0.15, 0.2) is 9.84 Å². The summed E-state index contributed by atoms with van der Waals surface area (Å²) in [5.41, 5.74) is 1.66. The van der Waals surface area contributed by atoms with E-state index in [0.29, 0.717) is 23.3 Å². The van der Waals surface area contributed by atoms with Gasteiger partial charge in [0.2, 0.25) is 5.91 Å². The van der Waals surface area contributed by atoms with Crippen LogP contribution in [0.2, 0.25) is 0 Å². The fourth-order valence-electron chi connectivity index (χ4n) is 3.43. The van der Waals surface area contributed by atoms with Gasteiger partial charge < -0.3 is 15.2 Å². The number of carboxylic acids is 1. The van der Waals surface area contributed by atoms with Gasteiger partial charge in [0.25, 0.3) is 0 Å². The standard InChI is InChI=1S/C24H29NO6S/c1-15(2)22(23(26)25-16(3)18-7-9-19(10-8-18)24(27)28)31-14-17-5-4-6-21(13-17)32(29,30)20-11-12-20/h4-10,13,15-16,20,22H,11-12,14H2,1-3H3,(H,25,26)(H,27,28). The van der Waals surface area contributed by atoms with Gasteiger partial charge in [-0.3, -0.25) is 4.79 Å². The third-order valence-electron chi connectivity index (χ3n) is 5.50. The van der Waals surface area contributed by atoms with Crippen LogP contribution >= 0.6 is 0 Å². The number of benzene rings is 2. The molecule has 2 aromatic carbocycles. The highest BCUT2D eigenvalue weighted by atomic mass is 32.2. The molecule has 0 heterocycles. The first-order valence-corrected chi connectivity index (χ1v) is 12.2. The van der Waals surface area contributed by atoms with Gasteiger partial charge in [-0.25, -0.2) is 13.2 Å². The Morgan fingerprint density at radius 3 is 2.31 bits per heavy atom. The summed E-state index contributed by atoms with van der Waals surface area (Å²) in [7, 11) is -3.29. The smallest absolute Gasteiger partial charge is 0.335 e. The molecule has 3 rings (SSSR count). The van der Waals surface area contributed by atoms with E-state index in [1.165, 1.54) is 12.1 Å². The van der Waals surface area contributed by atoms with Crippen molar-refractivity contribution in [1.82, 2.24) is 5.32 Å². The molecule has 2 unspecified atom stereocenters. The number of aromatic carboxylic acids is 1. The maximum atomic E-state index is 12.9. The van der Waals surface area contributed by atoms with E-state index in [9.17, 15) is 18.0 Å². The van der Waals surface area contributed by atoms with Crippen molar-refractivity contribution in [1.29, 1.82) is 0 Å². The molecule has 2 atom stereocenters.